The number of benzene rings is 2. The Morgan fingerprint density at radius 2 is 1.81 bits per heavy atom. The van der Waals surface area contributed by atoms with E-state index in [9.17, 15) is 18.8 Å². The van der Waals surface area contributed by atoms with Gasteiger partial charge >= 0.3 is 0 Å². The van der Waals surface area contributed by atoms with Crippen LogP contribution < -0.4 is 16.1 Å². The van der Waals surface area contributed by atoms with Crippen LogP contribution in [-0.2, 0) is 16.1 Å². The Bertz CT molecular complexity index is 1050. The molecule has 0 radical (unpaired) electrons. The van der Waals surface area contributed by atoms with E-state index < -0.39 is 11.7 Å². The van der Waals surface area contributed by atoms with Crippen LogP contribution in [0, 0.1) is 5.82 Å². The van der Waals surface area contributed by atoms with Crippen molar-refractivity contribution in [3.05, 3.63) is 70.8 Å². The summed E-state index contributed by atoms with van der Waals surface area (Å²) in [6.07, 6.45) is 1.11. The van der Waals surface area contributed by atoms with Crippen LogP contribution >= 0.6 is 0 Å². The molecule has 0 unspecified atom stereocenters. The highest BCUT2D eigenvalue weighted by Gasteiger charge is 2.18. The summed E-state index contributed by atoms with van der Waals surface area (Å²) < 4.78 is 14.6. The molecular weight excluding hydrogens is 351 g/mol. The van der Waals surface area contributed by atoms with E-state index in [1.54, 1.807) is 24.3 Å². The molecule has 2 N–H and O–H groups in total. The van der Waals surface area contributed by atoms with E-state index in [0.717, 1.165) is 6.20 Å². The predicted octanol–water partition coefficient (Wildman–Crippen LogP) is 1.44. The SMILES string of the molecule is NC(=O)CCN(C(=O)Cn1ncc(=O)c2ccccc21)c1ccc(F)cc1. The molecule has 1 heterocycles. The summed E-state index contributed by atoms with van der Waals surface area (Å²) in [4.78, 5) is 37.3. The summed E-state index contributed by atoms with van der Waals surface area (Å²) in [6, 6.07) is 12.2. The number of hydrogen-bond acceptors (Lipinski definition) is 4. The number of hydrogen-bond donors (Lipinski definition) is 1. The molecule has 8 heteroatoms. The molecule has 0 saturated heterocycles. The van der Waals surface area contributed by atoms with Crippen LogP contribution in [0.4, 0.5) is 10.1 Å². The van der Waals surface area contributed by atoms with Crippen molar-refractivity contribution in [1.29, 1.82) is 0 Å². The van der Waals surface area contributed by atoms with Gasteiger partial charge in [0.15, 0.2) is 0 Å². The largest absolute Gasteiger partial charge is 0.370 e. The zero-order valence-corrected chi connectivity index (χ0v) is 14.3. The average molecular weight is 368 g/mol. The van der Waals surface area contributed by atoms with E-state index in [-0.39, 0.29) is 30.8 Å². The van der Waals surface area contributed by atoms with E-state index in [2.05, 4.69) is 5.10 Å². The maximum atomic E-state index is 13.2. The number of rotatable bonds is 6. The fourth-order valence-electron chi connectivity index (χ4n) is 2.74. The van der Waals surface area contributed by atoms with Crippen molar-refractivity contribution in [2.75, 3.05) is 11.4 Å². The zero-order valence-electron chi connectivity index (χ0n) is 14.3. The minimum Gasteiger partial charge on any atom is -0.370 e. The third-order valence-corrected chi connectivity index (χ3v) is 4.07. The fourth-order valence-corrected chi connectivity index (χ4v) is 2.74. The number of para-hydroxylation sites is 1. The van der Waals surface area contributed by atoms with Crippen LogP contribution in [0.2, 0.25) is 0 Å². The molecule has 0 aliphatic rings. The van der Waals surface area contributed by atoms with E-state index in [1.807, 2.05) is 0 Å². The molecular formula is C19H17FN4O3. The maximum absolute atomic E-state index is 13.2. The number of carbonyl (C=O) groups excluding carboxylic acids is 2. The maximum Gasteiger partial charge on any atom is 0.248 e. The van der Waals surface area contributed by atoms with E-state index in [0.29, 0.717) is 16.6 Å². The number of amides is 2. The highest BCUT2D eigenvalue weighted by Crippen LogP contribution is 2.17. The first-order valence-corrected chi connectivity index (χ1v) is 8.25. The summed E-state index contributed by atoms with van der Waals surface area (Å²) in [6.45, 7) is -0.102. The van der Waals surface area contributed by atoms with Gasteiger partial charge in [0, 0.05) is 24.0 Å². The third kappa shape index (κ3) is 4.17. The molecule has 0 aliphatic carbocycles. The molecule has 1 aromatic heterocycles. The van der Waals surface area contributed by atoms with Gasteiger partial charge in [0.1, 0.15) is 12.4 Å². The molecule has 2 amide bonds. The molecule has 27 heavy (non-hydrogen) atoms. The van der Waals surface area contributed by atoms with Crippen LogP contribution in [-0.4, -0.2) is 28.1 Å². The van der Waals surface area contributed by atoms with E-state index in [4.69, 9.17) is 5.73 Å². The quantitative estimate of drug-likeness (QED) is 0.712. The first-order chi connectivity index (χ1) is 13.0. The summed E-state index contributed by atoms with van der Waals surface area (Å²) in [5.74, 6) is -1.36. The van der Waals surface area contributed by atoms with Gasteiger partial charge in [-0.2, -0.15) is 5.10 Å². The Balaban J connectivity index is 1.92. The van der Waals surface area contributed by atoms with Crippen molar-refractivity contribution in [2.45, 2.75) is 13.0 Å². The molecule has 0 fully saturated rings. The monoisotopic (exact) mass is 368 g/mol. The number of primary amides is 1. The molecule has 3 aromatic rings. The van der Waals surface area contributed by atoms with Crippen molar-refractivity contribution < 1.29 is 14.0 Å². The average Bonchev–Trinajstić information content (AvgIpc) is 2.65. The van der Waals surface area contributed by atoms with Crippen molar-refractivity contribution in [2.24, 2.45) is 5.73 Å². The summed E-state index contributed by atoms with van der Waals surface area (Å²) in [7, 11) is 0. The van der Waals surface area contributed by atoms with Crippen LogP contribution in [0.3, 0.4) is 0 Å². The number of fused-ring (bicyclic) bond motifs is 1. The van der Waals surface area contributed by atoms with Crippen molar-refractivity contribution in [3.63, 3.8) is 0 Å². The zero-order chi connectivity index (χ0) is 19.4. The summed E-state index contributed by atoms with van der Waals surface area (Å²) in [5, 5.41) is 4.49. The number of aromatic nitrogens is 2. The van der Waals surface area contributed by atoms with Gasteiger partial charge in [0.2, 0.25) is 17.2 Å². The van der Waals surface area contributed by atoms with Crippen LogP contribution in [0.15, 0.2) is 59.5 Å². The lowest BCUT2D eigenvalue weighted by Gasteiger charge is -2.23. The molecule has 0 bridgehead atoms. The highest BCUT2D eigenvalue weighted by molar-refractivity contribution is 5.94. The van der Waals surface area contributed by atoms with Crippen LogP contribution in [0.25, 0.3) is 10.9 Å². The van der Waals surface area contributed by atoms with Gasteiger partial charge in [-0.05, 0) is 36.4 Å². The van der Waals surface area contributed by atoms with Crippen LogP contribution in [0.5, 0.6) is 0 Å². The molecule has 0 saturated carbocycles. The normalized spacial score (nSPS) is 10.7. The van der Waals surface area contributed by atoms with Gasteiger partial charge in [0.25, 0.3) is 0 Å². The number of nitrogens with zero attached hydrogens (tertiary/aromatic N) is 3. The Labute approximate surface area is 153 Å². The highest BCUT2D eigenvalue weighted by atomic mass is 19.1. The topological polar surface area (TPSA) is 98.3 Å². The van der Waals surface area contributed by atoms with E-state index in [1.165, 1.54) is 33.8 Å². The Kier molecular flexibility index (Phi) is 5.25. The molecule has 7 nitrogen and oxygen atoms in total. The lowest BCUT2D eigenvalue weighted by molar-refractivity contribution is -0.119. The molecule has 0 aliphatic heterocycles. The third-order valence-electron chi connectivity index (χ3n) is 4.07. The standard InChI is InChI=1S/C19H17FN4O3/c20-13-5-7-14(8-6-13)23(10-9-18(21)26)19(27)12-24-16-4-2-1-3-15(16)17(25)11-22-24/h1-8,11H,9-10,12H2,(H2,21,26). The number of carbonyl (C=O) groups is 2. The molecule has 138 valence electrons. The van der Waals surface area contributed by atoms with Crippen LogP contribution in [0.1, 0.15) is 6.42 Å². The molecule has 0 atom stereocenters. The number of anilines is 1. The summed E-state index contributed by atoms with van der Waals surface area (Å²) >= 11 is 0. The smallest absolute Gasteiger partial charge is 0.248 e. The minimum atomic E-state index is -0.554. The van der Waals surface area contributed by atoms with Gasteiger partial charge in [-0.1, -0.05) is 12.1 Å². The van der Waals surface area contributed by atoms with Gasteiger partial charge in [-0.25, -0.2) is 4.39 Å². The molecule has 0 spiro atoms. The molecule has 2 aromatic carbocycles. The Morgan fingerprint density at radius 3 is 2.52 bits per heavy atom. The molecule has 3 rings (SSSR count). The van der Waals surface area contributed by atoms with Gasteiger partial charge in [-0.15, -0.1) is 0 Å². The van der Waals surface area contributed by atoms with Crippen molar-refractivity contribution >= 4 is 28.4 Å². The second-order valence-corrected chi connectivity index (χ2v) is 5.92. The summed E-state index contributed by atoms with van der Waals surface area (Å²) in [5.41, 5.74) is 5.92. The van der Waals surface area contributed by atoms with Gasteiger partial charge < -0.3 is 10.6 Å². The van der Waals surface area contributed by atoms with Crippen molar-refractivity contribution in [1.82, 2.24) is 9.78 Å². The van der Waals surface area contributed by atoms with Gasteiger partial charge in [-0.3, -0.25) is 19.1 Å². The second kappa shape index (κ2) is 7.77. The first-order valence-electron chi connectivity index (χ1n) is 8.25. The first kappa shape index (κ1) is 18.2. The van der Waals surface area contributed by atoms with Crippen molar-refractivity contribution in [3.8, 4) is 0 Å². The van der Waals surface area contributed by atoms with E-state index >= 15 is 0 Å². The Hall–Kier alpha value is -3.55. The number of halogens is 1. The lowest BCUT2D eigenvalue weighted by atomic mass is 10.2. The minimum absolute atomic E-state index is 0.0402. The fraction of sp³-hybridized carbons (Fsp3) is 0.158. The number of nitrogens with two attached hydrogens (primary N) is 1. The Morgan fingerprint density at radius 1 is 1.11 bits per heavy atom. The second-order valence-electron chi connectivity index (χ2n) is 5.92. The van der Waals surface area contributed by atoms with Gasteiger partial charge in [0.05, 0.1) is 11.7 Å². The lowest BCUT2D eigenvalue weighted by Crippen LogP contribution is -2.37. The predicted molar refractivity (Wildman–Crippen MR) is 98.6 cm³/mol.